The number of rotatable bonds is 3. The molecule has 1 heterocycles. The third-order valence-corrected chi connectivity index (χ3v) is 3.71. The molecule has 0 fully saturated rings. The van der Waals surface area contributed by atoms with Crippen molar-refractivity contribution < 1.29 is 27.1 Å². The summed E-state index contributed by atoms with van der Waals surface area (Å²) in [6, 6.07) is 3.90. The number of halogens is 4. The highest BCUT2D eigenvalue weighted by molar-refractivity contribution is 5.94. The molecule has 0 radical (unpaired) electrons. The number of aromatic nitrogens is 1. The summed E-state index contributed by atoms with van der Waals surface area (Å²) >= 11 is 0. The molecule has 0 saturated heterocycles. The van der Waals surface area contributed by atoms with Crippen molar-refractivity contribution in [2.24, 2.45) is 0 Å². The number of ether oxygens (including phenoxy) is 1. The van der Waals surface area contributed by atoms with Crippen molar-refractivity contribution in [2.75, 3.05) is 6.61 Å². The van der Waals surface area contributed by atoms with Crippen molar-refractivity contribution >= 4 is 16.9 Å². The summed E-state index contributed by atoms with van der Waals surface area (Å²) in [5.41, 5.74) is -1.83. The first-order valence-corrected chi connectivity index (χ1v) is 7.50. The number of hydrogen-bond acceptors (Lipinski definition) is 3. The van der Waals surface area contributed by atoms with Gasteiger partial charge in [0, 0.05) is 18.3 Å². The SMILES string of the molecule is CCOC(=O)c1cn(-c2ccc(F)cc2F)c2cc(F)c(F)cc2c1=O. The molecule has 1 aromatic heterocycles. The smallest absolute Gasteiger partial charge is 0.343 e. The molecule has 2 aromatic carbocycles. The molecule has 0 aliphatic carbocycles. The highest BCUT2D eigenvalue weighted by Gasteiger charge is 2.20. The Hall–Kier alpha value is -3.16. The summed E-state index contributed by atoms with van der Waals surface area (Å²) in [5.74, 6) is -5.44. The molecule has 0 spiro atoms. The van der Waals surface area contributed by atoms with Gasteiger partial charge in [-0.15, -0.1) is 0 Å². The molecule has 8 heteroatoms. The third kappa shape index (κ3) is 2.94. The lowest BCUT2D eigenvalue weighted by molar-refractivity contribution is 0.0524. The van der Waals surface area contributed by atoms with Crippen LogP contribution in [0.3, 0.4) is 0 Å². The highest BCUT2D eigenvalue weighted by Crippen LogP contribution is 2.23. The number of pyridine rings is 1. The van der Waals surface area contributed by atoms with Gasteiger partial charge >= 0.3 is 5.97 Å². The van der Waals surface area contributed by atoms with Gasteiger partial charge in [-0.2, -0.15) is 0 Å². The van der Waals surface area contributed by atoms with Crippen LogP contribution >= 0.6 is 0 Å². The number of carbonyl (C=O) groups is 1. The van der Waals surface area contributed by atoms with Crippen molar-refractivity contribution in [1.82, 2.24) is 4.57 Å². The van der Waals surface area contributed by atoms with Crippen LogP contribution in [0.25, 0.3) is 16.6 Å². The van der Waals surface area contributed by atoms with Gasteiger partial charge in [0.25, 0.3) is 0 Å². The average Bonchev–Trinajstić information content (AvgIpc) is 2.58. The van der Waals surface area contributed by atoms with E-state index in [1.165, 1.54) is 6.92 Å². The first-order chi connectivity index (χ1) is 12.3. The summed E-state index contributed by atoms with van der Waals surface area (Å²) in [7, 11) is 0. The number of nitrogens with zero attached hydrogens (tertiary/aromatic N) is 1. The largest absolute Gasteiger partial charge is 0.462 e. The van der Waals surface area contributed by atoms with Crippen molar-refractivity contribution in [3.63, 3.8) is 0 Å². The molecule has 3 aromatic rings. The van der Waals surface area contributed by atoms with Crippen molar-refractivity contribution in [3.8, 4) is 5.69 Å². The Morgan fingerprint density at radius 1 is 1.04 bits per heavy atom. The minimum Gasteiger partial charge on any atom is -0.462 e. The third-order valence-electron chi connectivity index (χ3n) is 3.71. The topological polar surface area (TPSA) is 48.3 Å². The zero-order valence-electron chi connectivity index (χ0n) is 13.4. The minimum absolute atomic E-state index is 0.0288. The van der Waals surface area contributed by atoms with Crippen LogP contribution in [0.1, 0.15) is 17.3 Å². The van der Waals surface area contributed by atoms with E-state index in [9.17, 15) is 27.2 Å². The van der Waals surface area contributed by atoms with Gasteiger partial charge in [-0.1, -0.05) is 0 Å². The van der Waals surface area contributed by atoms with E-state index in [2.05, 4.69) is 0 Å². The van der Waals surface area contributed by atoms with Gasteiger partial charge < -0.3 is 9.30 Å². The summed E-state index contributed by atoms with van der Waals surface area (Å²) in [5, 5.41) is -0.349. The summed E-state index contributed by atoms with van der Waals surface area (Å²) in [6.45, 7) is 1.49. The van der Waals surface area contributed by atoms with E-state index < -0.39 is 40.2 Å². The van der Waals surface area contributed by atoms with Crippen LogP contribution in [0.15, 0.2) is 41.3 Å². The van der Waals surface area contributed by atoms with Gasteiger partial charge in [0.1, 0.15) is 17.2 Å². The average molecular weight is 365 g/mol. The Labute approximate surface area is 144 Å². The molecule has 134 valence electrons. The van der Waals surface area contributed by atoms with Crippen LogP contribution in [0, 0.1) is 23.3 Å². The second-order valence-electron chi connectivity index (χ2n) is 5.34. The first kappa shape index (κ1) is 17.7. The lowest BCUT2D eigenvalue weighted by Crippen LogP contribution is -2.21. The molecule has 3 rings (SSSR count). The molecule has 0 atom stereocenters. The van der Waals surface area contributed by atoms with E-state index in [1.54, 1.807) is 0 Å². The molecule has 0 aliphatic rings. The fourth-order valence-corrected chi connectivity index (χ4v) is 2.55. The van der Waals surface area contributed by atoms with Gasteiger partial charge in [-0.3, -0.25) is 4.79 Å². The van der Waals surface area contributed by atoms with Gasteiger partial charge in [0.05, 0.1) is 23.2 Å². The number of fused-ring (bicyclic) bond motifs is 1. The molecule has 0 bridgehead atoms. The predicted octanol–water partition coefficient (Wildman–Crippen LogP) is 3.72. The monoisotopic (exact) mass is 365 g/mol. The van der Waals surface area contributed by atoms with Gasteiger partial charge in [0.15, 0.2) is 11.6 Å². The fourth-order valence-electron chi connectivity index (χ4n) is 2.55. The zero-order valence-corrected chi connectivity index (χ0v) is 13.4. The van der Waals surface area contributed by atoms with E-state index in [4.69, 9.17) is 4.74 Å². The molecule has 0 saturated carbocycles. The quantitative estimate of drug-likeness (QED) is 0.525. The standard InChI is InChI=1S/C18H11F4NO3/c1-2-26-18(25)11-8-23(15-4-3-9(19)5-14(15)22)16-7-13(21)12(20)6-10(16)17(11)24/h3-8H,2H2,1H3. The molecular weight excluding hydrogens is 354 g/mol. The maximum atomic E-state index is 14.2. The van der Waals surface area contributed by atoms with Crippen molar-refractivity contribution in [1.29, 1.82) is 0 Å². The minimum atomic E-state index is -1.30. The number of esters is 1. The Morgan fingerprint density at radius 3 is 2.38 bits per heavy atom. The zero-order chi connectivity index (χ0) is 19.0. The second kappa shape index (κ2) is 6.62. The van der Waals surface area contributed by atoms with E-state index in [0.29, 0.717) is 18.2 Å². The molecule has 0 N–H and O–H groups in total. The van der Waals surface area contributed by atoms with E-state index in [-0.39, 0.29) is 23.2 Å². The predicted molar refractivity (Wildman–Crippen MR) is 85.3 cm³/mol. The number of carbonyl (C=O) groups excluding carboxylic acids is 1. The first-order valence-electron chi connectivity index (χ1n) is 7.50. The van der Waals surface area contributed by atoms with Gasteiger partial charge in [-0.25, -0.2) is 22.4 Å². The lowest BCUT2D eigenvalue weighted by atomic mass is 10.1. The van der Waals surface area contributed by atoms with Crippen molar-refractivity contribution in [2.45, 2.75) is 6.92 Å². The van der Waals surface area contributed by atoms with Crippen LogP contribution in [-0.2, 0) is 4.74 Å². The van der Waals surface area contributed by atoms with Crippen molar-refractivity contribution in [3.05, 3.63) is 75.6 Å². The van der Waals surface area contributed by atoms with Crippen LogP contribution in [0.2, 0.25) is 0 Å². The summed E-state index contributed by atoms with van der Waals surface area (Å²) in [4.78, 5) is 24.5. The number of benzene rings is 2. The molecule has 0 unspecified atom stereocenters. The van der Waals surface area contributed by atoms with Crippen LogP contribution < -0.4 is 5.43 Å². The van der Waals surface area contributed by atoms with Gasteiger partial charge in [-0.05, 0) is 25.1 Å². The highest BCUT2D eigenvalue weighted by atomic mass is 19.2. The fraction of sp³-hybridized carbons (Fsp3) is 0.111. The van der Waals surface area contributed by atoms with Crippen LogP contribution in [-0.4, -0.2) is 17.1 Å². The lowest BCUT2D eigenvalue weighted by Gasteiger charge is -2.14. The van der Waals surface area contributed by atoms with Crippen LogP contribution in [0.4, 0.5) is 17.6 Å². The van der Waals surface area contributed by atoms with E-state index in [1.807, 2.05) is 0 Å². The normalized spacial score (nSPS) is 11.0. The maximum Gasteiger partial charge on any atom is 0.343 e. The Balaban J connectivity index is 2.43. The molecule has 26 heavy (non-hydrogen) atoms. The van der Waals surface area contributed by atoms with E-state index >= 15 is 0 Å². The second-order valence-corrected chi connectivity index (χ2v) is 5.34. The van der Waals surface area contributed by atoms with Gasteiger partial charge in [0.2, 0.25) is 5.43 Å². The summed E-state index contributed by atoms with van der Waals surface area (Å²) in [6.07, 6.45) is 0.955. The Morgan fingerprint density at radius 2 is 1.73 bits per heavy atom. The molecular formula is C18H11F4NO3. The summed E-state index contributed by atoms with van der Waals surface area (Å²) < 4.78 is 60.4. The number of hydrogen-bond donors (Lipinski definition) is 0. The maximum absolute atomic E-state index is 14.2. The Kier molecular flexibility index (Phi) is 4.50. The van der Waals surface area contributed by atoms with E-state index in [0.717, 1.165) is 22.9 Å². The molecule has 4 nitrogen and oxygen atoms in total. The molecule has 0 aliphatic heterocycles. The molecule has 0 amide bonds. The Bertz CT molecular complexity index is 1090. The van der Waals surface area contributed by atoms with Crippen LogP contribution in [0.5, 0.6) is 0 Å².